The SMILES string of the molecule is Cc1ccc2c3c1ccc1c(C)ccc(c13)n2-c1ccc(N(c2ccc(-c3ccccc3)cc2)c2cc(-c3ccccc3)cc(-c3ccccc3)c2)cc1.Cc1ccc2c3c1ccc1c(C)ccc(c13)n2-c1ccc(N(c2ccc(-c3ccccc3)cc2)c2cccc3ccccc23)cc1.[2H]c1ccc2c3c1ccc1c([2H])ccc(c13)n2-c1ccc(N(c2ccc(-c3ccccc3)cc2)c2ccc(-c3ccccc3)cc2)cc1. The van der Waals surface area contributed by atoms with Crippen molar-refractivity contribution in [3.63, 3.8) is 0 Å². The van der Waals surface area contributed by atoms with Crippen LogP contribution in [-0.2, 0) is 0 Å². The summed E-state index contributed by atoms with van der Waals surface area (Å²) in [6.45, 7) is 8.86. The molecule has 690 valence electrons. The molecule has 28 rings (SSSR count). The van der Waals surface area contributed by atoms with Crippen LogP contribution in [0.15, 0.2) is 534 Å². The quantitative estimate of drug-likeness (QED) is 0.0801. The molecule has 6 nitrogen and oxygen atoms in total. The van der Waals surface area contributed by atoms with Gasteiger partial charge >= 0.3 is 0 Å². The number of nitrogens with zero attached hydrogens (tertiary/aromatic N) is 6. The second-order valence-electron chi connectivity index (χ2n) is 38.3. The molecule has 0 saturated heterocycles. The van der Waals surface area contributed by atoms with Crippen LogP contribution in [0.2, 0.25) is 0 Å². The third-order valence-corrected chi connectivity index (χ3v) is 29.6. The Labute approximate surface area is 852 Å². The lowest BCUT2D eigenvalue weighted by Gasteiger charge is -2.27. The van der Waals surface area contributed by atoms with Gasteiger partial charge in [0.25, 0.3) is 0 Å². The summed E-state index contributed by atoms with van der Waals surface area (Å²) in [7, 11) is 0. The van der Waals surface area contributed by atoms with E-state index in [0.717, 1.165) is 101 Å². The highest BCUT2D eigenvalue weighted by Crippen LogP contribution is 2.50. The van der Waals surface area contributed by atoms with Crippen molar-refractivity contribution in [3.05, 3.63) is 556 Å². The fourth-order valence-corrected chi connectivity index (χ4v) is 22.4. The Morgan fingerprint density at radius 1 is 0.158 bits per heavy atom. The van der Waals surface area contributed by atoms with Gasteiger partial charge in [-0.3, -0.25) is 0 Å². The summed E-state index contributed by atoms with van der Waals surface area (Å²) < 4.78 is 24.3. The Bertz CT molecular complexity index is 9390. The maximum Gasteiger partial charge on any atom is 0.0629 e. The number of aromatic nitrogens is 3. The zero-order valence-corrected chi connectivity index (χ0v) is 81.3. The molecule has 0 N–H and O–H groups in total. The average molecular weight is 1870 g/mol. The van der Waals surface area contributed by atoms with E-state index in [1.54, 1.807) is 0 Å². The minimum Gasteiger partial charge on any atom is -0.311 e. The third kappa shape index (κ3) is 15.6. The first-order chi connectivity index (χ1) is 72.9. The van der Waals surface area contributed by atoms with Crippen LogP contribution in [0.5, 0.6) is 0 Å². The van der Waals surface area contributed by atoms with E-state index in [2.05, 4.69) is 529 Å². The first kappa shape index (κ1) is 85.1. The number of benzene rings is 25. The number of fused-ring (bicyclic) bond motifs is 1. The monoisotopic (exact) mass is 1870 g/mol. The summed E-state index contributed by atoms with van der Waals surface area (Å²) in [4.78, 5) is 7.07. The first-order valence-corrected chi connectivity index (χ1v) is 50.2. The van der Waals surface area contributed by atoms with Gasteiger partial charge in [-0.1, -0.05) is 352 Å². The minimum absolute atomic E-state index is 0.501. The van der Waals surface area contributed by atoms with Crippen LogP contribution in [-0.4, -0.2) is 13.7 Å². The van der Waals surface area contributed by atoms with Crippen LogP contribution in [0.25, 0.3) is 192 Å². The molecule has 6 heteroatoms. The molecule has 28 aromatic rings. The summed E-state index contributed by atoms with van der Waals surface area (Å²) in [5, 5.41) is 17.1. The van der Waals surface area contributed by atoms with Crippen molar-refractivity contribution in [3.8, 4) is 83.8 Å². The van der Waals surface area contributed by atoms with Gasteiger partial charge in [-0.15, -0.1) is 0 Å². The van der Waals surface area contributed by atoms with Gasteiger partial charge in [-0.05, 0) is 336 Å². The lowest BCUT2D eigenvalue weighted by molar-refractivity contribution is 1.17. The number of rotatable bonds is 18. The topological polar surface area (TPSA) is 24.5 Å². The molecule has 0 aliphatic rings. The maximum atomic E-state index is 8.58. The summed E-state index contributed by atoms with van der Waals surface area (Å²) in [6.07, 6.45) is 0. The molecule has 0 fully saturated rings. The summed E-state index contributed by atoms with van der Waals surface area (Å²) in [5.41, 5.74) is 39.9. The Hall–Kier alpha value is -18.9. The standard InChI is InChI=1S/C52H38N2.C44H32N2.C44H30N2/c1-35-18-30-49-51-47(35)28-29-48-36(2)19-31-50(52(48)51)54(49)45-26-24-44(25-27-45)53(43-22-20-40(21-23-43)37-12-6-3-7-13-37)46-33-41(38-14-8-4-9-15-38)32-42(34-46)39-16-10-5-11-17-39;1-29-15-27-41-43-37(29)25-26-38-30(2)16-28-42(44(38)43)46(41)36-23-21-35(22-24-36)45(40-14-8-12-33-11-6-7-13-39(33)40)34-19-17-32(18-20-34)31-9-4-3-5-10-31;1-3-9-31(10-4-1)33-19-23-37(24-20-33)45(38-25-21-34(22-26-38)32-11-5-2-6-12-32)39-27-29-40(30-28-39)46-41-15-7-13-35-17-18-36-14-8-16-42(46)44(36)43(35)41/h3-34H,1-2H3;3-28H,1-2H3;1-30H/i;;13D,14D. The summed E-state index contributed by atoms with van der Waals surface area (Å²) >= 11 is 0. The highest BCUT2D eigenvalue weighted by Gasteiger charge is 2.27. The van der Waals surface area contributed by atoms with Crippen molar-refractivity contribution in [1.29, 1.82) is 0 Å². The van der Waals surface area contributed by atoms with Crippen molar-refractivity contribution in [2.24, 2.45) is 0 Å². The number of aryl methyl sites for hydroxylation is 4. The second kappa shape index (κ2) is 37.0. The van der Waals surface area contributed by atoms with Gasteiger partial charge in [0.2, 0.25) is 0 Å². The molecule has 0 spiro atoms. The van der Waals surface area contributed by atoms with Crippen molar-refractivity contribution in [2.75, 3.05) is 14.7 Å². The zero-order valence-electron chi connectivity index (χ0n) is 83.3. The van der Waals surface area contributed by atoms with Crippen LogP contribution in [0.1, 0.15) is 25.0 Å². The van der Waals surface area contributed by atoms with Crippen molar-refractivity contribution >= 4 is 160 Å². The number of hydrogen-bond acceptors (Lipinski definition) is 3. The molecule has 25 aromatic carbocycles. The van der Waals surface area contributed by atoms with Crippen molar-refractivity contribution in [1.82, 2.24) is 13.7 Å². The Morgan fingerprint density at radius 2 is 0.404 bits per heavy atom. The van der Waals surface area contributed by atoms with E-state index in [9.17, 15) is 0 Å². The van der Waals surface area contributed by atoms with Gasteiger partial charge in [-0.2, -0.15) is 0 Å². The first-order valence-electron chi connectivity index (χ1n) is 51.2. The smallest absolute Gasteiger partial charge is 0.0629 e. The van der Waals surface area contributed by atoms with Crippen molar-refractivity contribution < 1.29 is 2.74 Å². The van der Waals surface area contributed by atoms with Gasteiger partial charge in [0.15, 0.2) is 0 Å². The van der Waals surface area contributed by atoms with E-state index < -0.39 is 0 Å². The predicted octanol–water partition coefficient (Wildman–Crippen LogP) is 38.9. The second-order valence-corrected chi connectivity index (χ2v) is 38.3. The Kier molecular flexibility index (Phi) is 21.6. The highest BCUT2D eigenvalue weighted by molar-refractivity contribution is 6.28. The molecule has 0 atom stereocenters. The fraction of sp³-hybridized carbons (Fsp3) is 0.0286. The maximum absolute atomic E-state index is 8.58. The van der Waals surface area contributed by atoms with Crippen LogP contribution >= 0.6 is 0 Å². The van der Waals surface area contributed by atoms with Crippen molar-refractivity contribution in [2.45, 2.75) is 27.7 Å². The lowest BCUT2D eigenvalue weighted by Crippen LogP contribution is -2.10. The molecule has 0 bridgehead atoms. The molecule has 3 heterocycles. The van der Waals surface area contributed by atoms with E-state index in [1.165, 1.54) is 165 Å². The van der Waals surface area contributed by atoms with E-state index in [4.69, 9.17) is 2.74 Å². The van der Waals surface area contributed by atoms with Gasteiger partial charge in [0.1, 0.15) is 0 Å². The zero-order chi connectivity index (χ0) is 99.1. The van der Waals surface area contributed by atoms with Crippen LogP contribution in [0.4, 0.5) is 51.2 Å². The molecular weight excluding hydrogens is 1770 g/mol. The van der Waals surface area contributed by atoms with Crippen LogP contribution in [0, 0.1) is 27.7 Å². The minimum atomic E-state index is 0.501. The van der Waals surface area contributed by atoms with E-state index in [0.29, 0.717) is 12.1 Å². The fourth-order valence-electron chi connectivity index (χ4n) is 22.4. The molecule has 0 aliphatic heterocycles. The third-order valence-electron chi connectivity index (χ3n) is 29.6. The highest BCUT2D eigenvalue weighted by atomic mass is 15.2. The molecule has 0 aliphatic carbocycles. The van der Waals surface area contributed by atoms with Gasteiger partial charge in [-0.25, -0.2) is 0 Å². The molecule has 0 saturated carbocycles. The van der Waals surface area contributed by atoms with Gasteiger partial charge in [0, 0.05) is 100 Å². The molecule has 0 unspecified atom stereocenters. The Morgan fingerprint density at radius 3 is 0.712 bits per heavy atom. The van der Waals surface area contributed by atoms with E-state index >= 15 is 0 Å². The van der Waals surface area contributed by atoms with Gasteiger partial charge in [0.05, 0.1) is 41.5 Å². The molecule has 146 heavy (non-hydrogen) atoms. The number of anilines is 9. The molecule has 3 aromatic heterocycles. The Balaban J connectivity index is 0.000000113. The van der Waals surface area contributed by atoms with Gasteiger partial charge < -0.3 is 28.4 Å². The lowest BCUT2D eigenvalue weighted by atomic mass is 9.97. The summed E-state index contributed by atoms with van der Waals surface area (Å²) in [6, 6.07) is 188. The molecule has 0 radical (unpaired) electrons. The number of hydrogen-bond donors (Lipinski definition) is 0. The normalized spacial score (nSPS) is 11.8. The predicted molar refractivity (Wildman–Crippen MR) is 622 cm³/mol. The van der Waals surface area contributed by atoms with Crippen LogP contribution in [0.3, 0.4) is 0 Å². The molecule has 0 amide bonds. The molecular formula is C140H100N6. The van der Waals surface area contributed by atoms with E-state index in [-0.39, 0.29) is 0 Å². The largest absolute Gasteiger partial charge is 0.311 e. The average Bonchev–Trinajstić information content (AvgIpc) is 1.56. The van der Waals surface area contributed by atoms with E-state index in [1.807, 2.05) is 48.5 Å². The summed E-state index contributed by atoms with van der Waals surface area (Å²) in [5.74, 6) is 0. The van der Waals surface area contributed by atoms with Crippen LogP contribution < -0.4 is 14.7 Å².